The van der Waals surface area contributed by atoms with Crippen LogP contribution in [0.5, 0.6) is 0 Å². The first-order valence-corrected chi connectivity index (χ1v) is 17.7. The molecule has 0 saturated heterocycles. The maximum absolute atomic E-state index is 2.50. The van der Waals surface area contributed by atoms with E-state index in [9.17, 15) is 0 Å². The Kier molecular flexibility index (Phi) is 5.91. The SMILES string of the molecule is c1ccc(-n2c3ccccc3c3cccc(C4(c5cccc6c7ccccc7n(-c7ccccc7)c56)c5ccccc5-c5ccccc54)c32)cc1. The van der Waals surface area contributed by atoms with Gasteiger partial charge in [0.1, 0.15) is 0 Å². The molecule has 0 spiro atoms. The Labute approximate surface area is 296 Å². The third-order valence-corrected chi connectivity index (χ3v) is 11.2. The molecule has 2 heteroatoms. The first-order chi connectivity index (χ1) is 25.4. The quantitative estimate of drug-likeness (QED) is 0.180. The van der Waals surface area contributed by atoms with Crippen molar-refractivity contribution in [2.45, 2.75) is 5.41 Å². The van der Waals surface area contributed by atoms with Gasteiger partial charge in [-0.05, 0) is 69.8 Å². The fraction of sp³-hybridized carbons (Fsp3) is 0.0204. The number of nitrogens with zero attached hydrogens (tertiary/aromatic N) is 2. The zero-order valence-electron chi connectivity index (χ0n) is 27.9. The maximum atomic E-state index is 2.50. The highest BCUT2D eigenvalue weighted by Crippen LogP contribution is 2.59. The Bertz CT molecular complexity index is 2760. The molecule has 0 N–H and O–H groups in total. The minimum absolute atomic E-state index is 0.645. The van der Waals surface area contributed by atoms with E-state index in [4.69, 9.17) is 0 Å². The second-order valence-electron chi connectivity index (χ2n) is 13.6. The van der Waals surface area contributed by atoms with Gasteiger partial charge in [0.2, 0.25) is 0 Å². The number of benzene rings is 8. The summed E-state index contributed by atoms with van der Waals surface area (Å²) < 4.78 is 5.00. The summed E-state index contributed by atoms with van der Waals surface area (Å²) >= 11 is 0. The van der Waals surface area contributed by atoms with Gasteiger partial charge in [-0.2, -0.15) is 0 Å². The van der Waals surface area contributed by atoms with Crippen LogP contribution < -0.4 is 0 Å². The Hall–Kier alpha value is -6.64. The van der Waals surface area contributed by atoms with Gasteiger partial charge in [-0.15, -0.1) is 0 Å². The molecule has 0 aliphatic heterocycles. The van der Waals surface area contributed by atoms with E-state index >= 15 is 0 Å². The van der Waals surface area contributed by atoms with Crippen LogP contribution in [-0.4, -0.2) is 9.13 Å². The molecule has 8 aromatic carbocycles. The van der Waals surface area contributed by atoms with Gasteiger partial charge in [-0.1, -0.05) is 158 Å². The van der Waals surface area contributed by atoms with Gasteiger partial charge in [0.05, 0.1) is 27.5 Å². The number of para-hydroxylation sites is 6. The van der Waals surface area contributed by atoms with Crippen LogP contribution in [0.4, 0.5) is 0 Å². The first-order valence-electron chi connectivity index (χ1n) is 17.7. The molecule has 11 rings (SSSR count). The van der Waals surface area contributed by atoms with Crippen molar-refractivity contribution >= 4 is 43.6 Å². The van der Waals surface area contributed by atoms with Crippen LogP contribution >= 0.6 is 0 Å². The summed E-state index contributed by atoms with van der Waals surface area (Å²) in [5, 5.41) is 5.02. The number of hydrogen-bond donors (Lipinski definition) is 0. The average Bonchev–Trinajstić information content (AvgIpc) is 3.83. The first kappa shape index (κ1) is 28.2. The molecule has 0 atom stereocenters. The van der Waals surface area contributed by atoms with Gasteiger partial charge < -0.3 is 9.13 Å². The van der Waals surface area contributed by atoms with Crippen LogP contribution in [0.1, 0.15) is 22.3 Å². The van der Waals surface area contributed by atoms with Crippen LogP contribution in [0.3, 0.4) is 0 Å². The highest BCUT2D eigenvalue weighted by atomic mass is 15.0. The molecule has 10 aromatic rings. The molecule has 0 fully saturated rings. The van der Waals surface area contributed by atoms with Crippen LogP contribution in [0.15, 0.2) is 194 Å². The highest BCUT2D eigenvalue weighted by molar-refractivity contribution is 6.14. The van der Waals surface area contributed by atoms with Crippen molar-refractivity contribution < 1.29 is 0 Å². The fourth-order valence-electron chi connectivity index (χ4n) is 9.29. The van der Waals surface area contributed by atoms with Crippen molar-refractivity contribution in [2.75, 3.05) is 0 Å². The summed E-state index contributed by atoms with van der Waals surface area (Å²) in [7, 11) is 0. The van der Waals surface area contributed by atoms with Crippen molar-refractivity contribution in [3.63, 3.8) is 0 Å². The Morgan fingerprint density at radius 1 is 0.275 bits per heavy atom. The van der Waals surface area contributed by atoms with Gasteiger partial charge in [-0.25, -0.2) is 0 Å². The monoisotopic (exact) mass is 648 g/mol. The second-order valence-corrected chi connectivity index (χ2v) is 13.6. The lowest BCUT2D eigenvalue weighted by Crippen LogP contribution is -2.30. The van der Waals surface area contributed by atoms with Crippen molar-refractivity contribution in [3.05, 3.63) is 216 Å². The lowest BCUT2D eigenvalue weighted by Gasteiger charge is -2.35. The summed E-state index contributed by atoms with van der Waals surface area (Å²) in [5.41, 5.74) is 14.3. The van der Waals surface area contributed by atoms with E-state index in [0.29, 0.717) is 0 Å². The number of hydrogen-bond acceptors (Lipinski definition) is 0. The molecule has 2 nitrogen and oxygen atoms in total. The lowest BCUT2D eigenvalue weighted by atomic mass is 9.66. The van der Waals surface area contributed by atoms with Gasteiger partial charge in [-0.3, -0.25) is 0 Å². The normalized spacial score (nSPS) is 13.3. The predicted molar refractivity (Wildman–Crippen MR) is 212 cm³/mol. The minimum Gasteiger partial charge on any atom is -0.309 e. The molecule has 0 amide bonds. The Balaban J connectivity index is 1.41. The largest absolute Gasteiger partial charge is 0.309 e. The molecular weight excluding hydrogens is 617 g/mol. The molecule has 0 radical (unpaired) electrons. The third kappa shape index (κ3) is 3.71. The van der Waals surface area contributed by atoms with E-state index in [2.05, 4.69) is 203 Å². The average molecular weight is 649 g/mol. The summed E-state index contributed by atoms with van der Waals surface area (Å²) in [6, 6.07) is 71.6. The lowest BCUT2D eigenvalue weighted by molar-refractivity contribution is 0.776. The highest BCUT2D eigenvalue weighted by Gasteiger charge is 2.49. The molecule has 2 heterocycles. The summed E-state index contributed by atoms with van der Waals surface area (Å²) in [6.07, 6.45) is 0. The minimum atomic E-state index is -0.645. The topological polar surface area (TPSA) is 9.86 Å². The molecule has 1 aliphatic rings. The number of aromatic nitrogens is 2. The van der Waals surface area contributed by atoms with Crippen molar-refractivity contribution in [1.29, 1.82) is 0 Å². The van der Waals surface area contributed by atoms with Gasteiger partial charge >= 0.3 is 0 Å². The van der Waals surface area contributed by atoms with Crippen LogP contribution in [0, 0.1) is 0 Å². The molecule has 51 heavy (non-hydrogen) atoms. The van der Waals surface area contributed by atoms with E-state index in [1.165, 1.54) is 77.0 Å². The van der Waals surface area contributed by atoms with Crippen LogP contribution in [0.2, 0.25) is 0 Å². The molecule has 0 saturated carbocycles. The van der Waals surface area contributed by atoms with Crippen molar-refractivity contribution in [1.82, 2.24) is 9.13 Å². The summed E-state index contributed by atoms with van der Waals surface area (Å²) in [5.74, 6) is 0. The van der Waals surface area contributed by atoms with E-state index in [0.717, 1.165) is 11.4 Å². The van der Waals surface area contributed by atoms with Crippen LogP contribution in [0.25, 0.3) is 66.1 Å². The maximum Gasteiger partial charge on any atom is 0.0754 e. The summed E-state index contributed by atoms with van der Waals surface area (Å²) in [4.78, 5) is 0. The van der Waals surface area contributed by atoms with Gasteiger partial charge in [0.15, 0.2) is 0 Å². The number of fused-ring (bicyclic) bond motifs is 9. The molecule has 0 unspecified atom stereocenters. The molecule has 2 aromatic heterocycles. The second kappa shape index (κ2) is 10.7. The van der Waals surface area contributed by atoms with E-state index in [1.807, 2.05) is 0 Å². The van der Waals surface area contributed by atoms with Crippen LogP contribution in [-0.2, 0) is 5.41 Å². The van der Waals surface area contributed by atoms with Crippen molar-refractivity contribution in [3.8, 4) is 22.5 Å². The zero-order chi connectivity index (χ0) is 33.5. The van der Waals surface area contributed by atoms with E-state index in [-0.39, 0.29) is 0 Å². The molecule has 0 bridgehead atoms. The summed E-state index contributed by atoms with van der Waals surface area (Å²) in [6.45, 7) is 0. The van der Waals surface area contributed by atoms with Crippen molar-refractivity contribution in [2.24, 2.45) is 0 Å². The molecule has 1 aliphatic carbocycles. The Morgan fingerprint density at radius 3 is 1.10 bits per heavy atom. The standard InChI is InChI=1S/C49H32N2/c1-3-17-33(18-4-1)50-45-31-13-9-23-37(45)39-25-15-29-43(47(39)50)49(41-27-11-7-21-35(41)36-22-8-12-28-42(36)49)44-30-16-26-40-38-24-10-14-32-46(38)51(48(40)44)34-19-5-2-6-20-34/h1-32H. The van der Waals surface area contributed by atoms with E-state index < -0.39 is 5.41 Å². The van der Waals surface area contributed by atoms with Gasteiger partial charge in [0, 0.05) is 32.9 Å². The molecular formula is C49H32N2. The predicted octanol–water partition coefficient (Wildman–Crippen LogP) is 12.2. The third-order valence-electron chi connectivity index (χ3n) is 11.2. The zero-order valence-corrected chi connectivity index (χ0v) is 27.9. The van der Waals surface area contributed by atoms with E-state index in [1.54, 1.807) is 0 Å². The number of rotatable bonds is 4. The van der Waals surface area contributed by atoms with Gasteiger partial charge in [0.25, 0.3) is 0 Å². The smallest absolute Gasteiger partial charge is 0.0754 e. The fourth-order valence-corrected chi connectivity index (χ4v) is 9.29. The Morgan fingerprint density at radius 2 is 0.627 bits per heavy atom. The molecule has 238 valence electrons.